The van der Waals surface area contributed by atoms with Crippen LogP contribution in [0, 0.1) is 5.41 Å². The predicted octanol–water partition coefficient (Wildman–Crippen LogP) is 0.906. The van der Waals surface area contributed by atoms with Gasteiger partial charge in [0.2, 0.25) is 5.91 Å². The first-order chi connectivity index (χ1) is 8.89. The fourth-order valence-corrected chi connectivity index (χ4v) is 2.29. The molecule has 5 nitrogen and oxygen atoms in total. The molecule has 0 atom stereocenters. The minimum Gasteiger partial charge on any atom is -0.350 e. The molecule has 0 saturated carbocycles. The van der Waals surface area contributed by atoms with Crippen LogP contribution in [0.25, 0.3) is 0 Å². The van der Waals surface area contributed by atoms with Crippen molar-refractivity contribution >= 4 is 11.7 Å². The number of hydrogen-bond donors (Lipinski definition) is 1. The highest BCUT2D eigenvalue weighted by Crippen LogP contribution is 2.19. The molecule has 1 aromatic heterocycles. The van der Waals surface area contributed by atoms with Crippen LogP contribution in [0.2, 0.25) is 0 Å². The lowest BCUT2D eigenvalue weighted by molar-refractivity contribution is -0.894. The van der Waals surface area contributed by atoms with E-state index in [1.54, 1.807) is 12.3 Å². The van der Waals surface area contributed by atoms with Crippen LogP contribution in [0.3, 0.4) is 0 Å². The Bertz CT molecular complexity index is 460. The van der Waals surface area contributed by atoms with Crippen molar-refractivity contribution in [3.63, 3.8) is 0 Å². The van der Waals surface area contributed by atoms with Crippen LogP contribution in [-0.2, 0) is 4.79 Å². The fraction of sp³-hybridized carbons (Fsp3) is 0.571. The first kappa shape index (κ1) is 13.6. The summed E-state index contributed by atoms with van der Waals surface area (Å²) in [6, 6.07) is 5.55. The van der Waals surface area contributed by atoms with Gasteiger partial charge in [-0.1, -0.05) is 31.6 Å². The Morgan fingerprint density at radius 2 is 1.84 bits per heavy atom. The number of amides is 1. The van der Waals surface area contributed by atoms with Crippen molar-refractivity contribution in [1.82, 2.24) is 4.90 Å². The Morgan fingerprint density at radius 3 is 2.37 bits per heavy atom. The molecule has 104 valence electrons. The van der Waals surface area contributed by atoms with Gasteiger partial charge in [-0.2, -0.15) is 0 Å². The molecule has 2 heterocycles. The molecule has 19 heavy (non-hydrogen) atoms. The van der Waals surface area contributed by atoms with E-state index in [4.69, 9.17) is 0 Å². The lowest BCUT2D eigenvalue weighted by Crippen LogP contribution is -2.54. The Hall–Kier alpha value is -1.78. The predicted molar refractivity (Wildman–Crippen MR) is 72.1 cm³/mol. The molecule has 1 amide bonds. The van der Waals surface area contributed by atoms with E-state index in [0.717, 1.165) is 23.6 Å². The van der Waals surface area contributed by atoms with E-state index < -0.39 is 0 Å². The van der Waals surface area contributed by atoms with Crippen molar-refractivity contribution in [3.05, 3.63) is 24.4 Å². The summed E-state index contributed by atoms with van der Waals surface area (Å²) in [5.41, 5.74) is -0.328. The summed E-state index contributed by atoms with van der Waals surface area (Å²) < 4.78 is 1.13. The maximum Gasteiger partial charge on any atom is 0.316 e. The van der Waals surface area contributed by atoms with Crippen molar-refractivity contribution in [2.24, 2.45) is 5.41 Å². The van der Waals surface area contributed by atoms with Gasteiger partial charge in [-0.25, -0.2) is 0 Å². The molecule has 1 aliphatic heterocycles. The number of piperazine rings is 1. The minimum atomic E-state index is -0.328. The Kier molecular flexibility index (Phi) is 3.64. The highest BCUT2D eigenvalue weighted by atomic mass is 16.5. The first-order valence-corrected chi connectivity index (χ1v) is 6.64. The van der Waals surface area contributed by atoms with Crippen LogP contribution < -0.4 is 9.63 Å². The maximum atomic E-state index is 12.2. The lowest BCUT2D eigenvalue weighted by atomic mass is 9.94. The molecular formula is C14H22N3O2+. The molecule has 0 aromatic carbocycles. The van der Waals surface area contributed by atoms with E-state index in [1.165, 1.54) is 0 Å². The van der Waals surface area contributed by atoms with Gasteiger partial charge in [-0.05, 0) is 6.07 Å². The monoisotopic (exact) mass is 264 g/mol. The van der Waals surface area contributed by atoms with Crippen LogP contribution in [0.15, 0.2) is 24.4 Å². The fourth-order valence-electron chi connectivity index (χ4n) is 2.29. The summed E-state index contributed by atoms with van der Waals surface area (Å²) in [5.74, 6) is 0.961. The molecule has 2 rings (SSSR count). The average molecular weight is 264 g/mol. The van der Waals surface area contributed by atoms with E-state index >= 15 is 0 Å². The third-order valence-electron chi connectivity index (χ3n) is 3.35. The molecule has 1 saturated heterocycles. The van der Waals surface area contributed by atoms with Crippen LogP contribution in [0.1, 0.15) is 20.8 Å². The summed E-state index contributed by atoms with van der Waals surface area (Å²) in [7, 11) is 0. The molecule has 0 bridgehead atoms. The Labute approximate surface area is 114 Å². The summed E-state index contributed by atoms with van der Waals surface area (Å²) in [6.45, 7) is 8.72. The van der Waals surface area contributed by atoms with E-state index in [9.17, 15) is 10.0 Å². The molecular weight excluding hydrogens is 242 g/mol. The van der Waals surface area contributed by atoms with Gasteiger partial charge in [-0.3, -0.25) is 9.69 Å². The third kappa shape index (κ3) is 2.97. The van der Waals surface area contributed by atoms with Crippen molar-refractivity contribution in [2.75, 3.05) is 31.1 Å². The molecule has 1 aromatic rings. The quantitative estimate of drug-likeness (QED) is 0.606. The van der Waals surface area contributed by atoms with Crippen molar-refractivity contribution in [2.45, 2.75) is 20.8 Å². The zero-order valence-electron chi connectivity index (χ0n) is 11.8. The molecule has 0 aliphatic carbocycles. The SMILES string of the molecule is CC(C)(C)C(=O)N1CCN(c2cccc[n+]2O)CC1. The molecule has 1 N–H and O–H groups in total. The minimum absolute atomic E-state index is 0.192. The molecule has 0 radical (unpaired) electrons. The summed E-state index contributed by atoms with van der Waals surface area (Å²) in [5, 5.41) is 9.76. The third-order valence-corrected chi connectivity index (χ3v) is 3.35. The number of hydrogen-bond acceptors (Lipinski definition) is 3. The highest BCUT2D eigenvalue weighted by Gasteiger charge is 2.32. The summed E-state index contributed by atoms with van der Waals surface area (Å²) in [4.78, 5) is 16.2. The number of carbonyl (C=O) groups is 1. The molecule has 1 fully saturated rings. The van der Waals surface area contributed by atoms with Crippen molar-refractivity contribution in [1.29, 1.82) is 0 Å². The molecule has 0 spiro atoms. The van der Waals surface area contributed by atoms with Gasteiger partial charge >= 0.3 is 5.82 Å². The van der Waals surface area contributed by atoms with Crippen molar-refractivity contribution in [3.8, 4) is 0 Å². The largest absolute Gasteiger partial charge is 0.350 e. The van der Waals surface area contributed by atoms with Gasteiger partial charge in [0.1, 0.15) is 19.3 Å². The normalized spacial score (nSPS) is 16.6. The highest BCUT2D eigenvalue weighted by molar-refractivity contribution is 5.81. The van der Waals surface area contributed by atoms with E-state index in [-0.39, 0.29) is 11.3 Å². The lowest BCUT2D eigenvalue weighted by Gasteiger charge is -2.34. The van der Waals surface area contributed by atoms with Gasteiger partial charge in [-0.15, -0.1) is 0 Å². The van der Waals surface area contributed by atoms with Gasteiger partial charge in [0, 0.05) is 11.5 Å². The second kappa shape index (κ2) is 5.07. The second-order valence-corrected chi connectivity index (χ2v) is 5.93. The van der Waals surface area contributed by atoms with Crippen molar-refractivity contribution < 1.29 is 14.7 Å². The summed E-state index contributed by atoms with van der Waals surface area (Å²) >= 11 is 0. The number of carbonyl (C=O) groups excluding carboxylic acids is 1. The first-order valence-electron chi connectivity index (χ1n) is 6.64. The zero-order chi connectivity index (χ0) is 14.0. The van der Waals surface area contributed by atoms with E-state index in [1.807, 2.05) is 37.8 Å². The number of anilines is 1. The molecule has 1 aliphatic rings. The second-order valence-electron chi connectivity index (χ2n) is 5.93. The van der Waals surface area contributed by atoms with E-state index in [0.29, 0.717) is 13.1 Å². The van der Waals surface area contributed by atoms with E-state index in [2.05, 4.69) is 4.90 Å². The summed E-state index contributed by atoms with van der Waals surface area (Å²) in [6.07, 6.45) is 1.61. The van der Waals surface area contributed by atoms with Gasteiger partial charge < -0.3 is 10.1 Å². The van der Waals surface area contributed by atoms with Crippen LogP contribution in [0.5, 0.6) is 0 Å². The smallest absolute Gasteiger partial charge is 0.316 e. The Morgan fingerprint density at radius 1 is 1.21 bits per heavy atom. The molecule has 0 unspecified atom stereocenters. The number of rotatable bonds is 1. The standard InChI is InChI=1S/C14H22N3O2/c1-14(2,3)13(18)16-10-8-15(9-11-16)12-6-4-5-7-17(12)19/h4-7,19H,8-11H2,1-3H3/q+1. The van der Waals surface area contributed by atoms with Crippen LogP contribution >= 0.6 is 0 Å². The van der Waals surface area contributed by atoms with Gasteiger partial charge in [0.05, 0.1) is 13.1 Å². The number of aromatic nitrogens is 1. The van der Waals surface area contributed by atoms with Gasteiger partial charge in [0.25, 0.3) is 0 Å². The Balaban J connectivity index is 2.00. The maximum absolute atomic E-state index is 12.2. The zero-order valence-corrected chi connectivity index (χ0v) is 11.8. The van der Waals surface area contributed by atoms with Crippen LogP contribution in [-0.4, -0.2) is 42.2 Å². The van der Waals surface area contributed by atoms with Crippen LogP contribution in [0.4, 0.5) is 5.82 Å². The topological polar surface area (TPSA) is 47.7 Å². The van der Waals surface area contributed by atoms with Gasteiger partial charge in [0.15, 0.2) is 0 Å². The number of pyridine rings is 1. The number of nitrogens with zero attached hydrogens (tertiary/aromatic N) is 3. The average Bonchev–Trinajstić information content (AvgIpc) is 2.38. The molecule has 5 heteroatoms.